The lowest BCUT2D eigenvalue weighted by molar-refractivity contribution is 0.363. The average molecular weight is 249 g/mol. The Morgan fingerprint density at radius 2 is 2.18 bits per heavy atom. The normalized spacial score (nSPS) is 24.5. The van der Waals surface area contributed by atoms with Crippen LogP contribution in [0.4, 0.5) is 5.69 Å². The number of rotatable bonds is 1. The molecular formula is C14H17ClN2. The third-order valence-electron chi connectivity index (χ3n) is 3.76. The number of hydrogen-bond acceptors (Lipinski definition) is 2. The van der Waals surface area contributed by atoms with Gasteiger partial charge in [-0.3, -0.25) is 0 Å². The van der Waals surface area contributed by atoms with Crippen LogP contribution >= 0.6 is 11.6 Å². The Labute approximate surface area is 108 Å². The molecule has 0 aliphatic carbocycles. The van der Waals surface area contributed by atoms with E-state index in [2.05, 4.69) is 24.8 Å². The second kappa shape index (κ2) is 4.98. The van der Waals surface area contributed by atoms with Crippen molar-refractivity contribution in [1.29, 1.82) is 5.26 Å². The number of nitriles is 1. The zero-order valence-electron chi connectivity index (χ0n) is 10.3. The topological polar surface area (TPSA) is 27.0 Å². The Morgan fingerprint density at radius 3 is 2.88 bits per heavy atom. The summed E-state index contributed by atoms with van der Waals surface area (Å²) in [7, 11) is 0. The van der Waals surface area contributed by atoms with Crippen LogP contribution in [0.15, 0.2) is 18.2 Å². The van der Waals surface area contributed by atoms with Crippen LogP contribution in [0.5, 0.6) is 0 Å². The Hall–Kier alpha value is -1.20. The van der Waals surface area contributed by atoms with E-state index in [1.54, 1.807) is 6.07 Å². The lowest BCUT2D eigenvalue weighted by atomic mass is 9.91. The van der Waals surface area contributed by atoms with Gasteiger partial charge in [0, 0.05) is 17.6 Å². The molecule has 0 radical (unpaired) electrons. The SMILES string of the molecule is CC1CCCN(c2ccc(Cl)cc2C#N)C1C. The molecule has 3 heteroatoms. The highest BCUT2D eigenvalue weighted by atomic mass is 35.5. The van der Waals surface area contributed by atoms with Gasteiger partial charge in [-0.2, -0.15) is 5.26 Å². The summed E-state index contributed by atoms with van der Waals surface area (Å²) < 4.78 is 0. The lowest BCUT2D eigenvalue weighted by Gasteiger charge is -2.40. The number of halogens is 1. The van der Waals surface area contributed by atoms with Crippen molar-refractivity contribution >= 4 is 17.3 Å². The van der Waals surface area contributed by atoms with E-state index in [-0.39, 0.29) is 0 Å². The fraction of sp³-hybridized carbons (Fsp3) is 0.500. The van der Waals surface area contributed by atoms with Crippen LogP contribution in [-0.4, -0.2) is 12.6 Å². The van der Waals surface area contributed by atoms with E-state index >= 15 is 0 Å². The van der Waals surface area contributed by atoms with Gasteiger partial charge in [-0.25, -0.2) is 0 Å². The third-order valence-corrected chi connectivity index (χ3v) is 4.00. The average Bonchev–Trinajstić information content (AvgIpc) is 2.33. The van der Waals surface area contributed by atoms with E-state index in [1.807, 2.05) is 12.1 Å². The Bertz CT molecular complexity index is 450. The first-order chi connectivity index (χ1) is 8.13. The van der Waals surface area contributed by atoms with E-state index < -0.39 is 0 Å². The zero-order valence-corrected chi connectivity index (χ0v) is 11.0. The molecule has 1 aromatic rings. The third kappa shape index (κ3) is 2.40. The van der Waals surface area contributed by atoms with Crippen molar-refractivity contribution in [2.75, 3.05) is 11.4 Å². The number of piperidine rings is 1. The van der Waals surface area contributed by atoms with Crippen LogP contribution in [0.1, 0.15) is 32.3 Å². The molecule has 0 saturated carbocycles. The van der Waals surface area contributed by atoms with Gasteiger partial charge in [0.25, 0.3) is 0 Å². The molecule has 2 rings (SSSR count). The van der Waals surface area contributed by atoms with Crippen LogP contribution in [-0.2, 0) is 0 Å². The summed E-state index contributed by atoms with van der Waals surface area (Å²) in [6.45, 7) is 5.54. The smallest absolute Gasteiger partial charge is 0.101 e. The van der Waals surface area contributed by atoms with Gasteiger partial charge in [0.2, 0.25) is 0 Å². The number of anilines is 1. The predicted molar refractivity (Wildman–Crippen MR) is 71.4 cm³/mol. The molecule has 1 heterocycles. The van der Waals surface area contributed by atoms with Crippen LogP contribution in [0.2, 0.25) is 5.02 Å². The zero-order chi connectivity index (χ0) is 12.4. The summed E-state index contributed by atoms with van der Waals surface area (Å²) in [5, 5.41) is 9.82. The minimum absolute atomic E-state index is 0.483. The van der Waals surface area contributed by atoms with Crippen molar-refractivity contribution in [3.05, 3.63) is 28.8 Å². The first-order valence-corrected chi connectivity index (χ1v) is 6.47. The molecule has 17 heavy (non-hydrogen) atoms. The highest BCUT2D eigenvalue weighted by Crippen LogP contribution is 2.31. The van der Waals surface area contributed by atoms with Crippen LogP contribution in [0.25, 0.3) is 0 Å². The van der Waals surface area contributed by atoms with Crippen molar-refractivity contribution in [2.24, 2.45) is 5.92 Å². The molecule has 1 saturated heterocycles. The standard InChI is InChI=1S/C14H17ClN2/c1-10-4-3-7-17(11(10)2)14-6-5-13(15)8-12(14)9-16/h5-6,8,10-11H,3-4,7H2,1-2H3. The molecule has 1 aliphatic heterocycles. The van der Waals surface area contributed by atoms with Crippen LogP contribution in [0, 0.1) is 17.2 Å². The molecular weight excluding hydrogens is 232 g/mol. The molecule has 90 valence electrons. The molecule has 0 aromatic heterocycles. The van der Waals surface area contributed by atoms with Gasteiger partial charge in [-0.05, 0) is 43.9 Å². The van der Waals surface area contributed by atoms with E-state index in [9.17, 15) is 5.26 Å². The fourth-order valence-electron chi connectivity index (χ4n) is 2.52. The van der Waals surface area contributed by atoms with Crippen molar-refractivity contribution in [1.82, 2.24) is 0 Å². The summed E-state index contributed by atoms with van der Waals surface area (Å²) in [5.74, 6) is 0.672. The van der Waals surface area contributed by atoms with E-state index in [0.717, 1.165) is 12.2 Å². The molecule has 1 aliphatic rings. The van der Waals surface area contributed by atoms with Gasteiger partial charge < -0.3 is 4.90 Å². The Morgan fingerprint density at radius 1 is 1.41 bits per heavy atom. The lowest BCUT2D eigenvalue weighted by Crippen LogP contribution is -2.42. The minimum atomic E-state index is 0.483. The first-order valence-electron chi connectivity index (χ1n) is 6.09. The Kier molecular flexibility index (Phi) is 3.59. The maximum Gasteiger partial charge on any atom is 0.101 e. The molecule has 2 nitrogen and oxygen atoms in total. The highest BCUT2D eigenvalue weighted by molar-refractivity contribution is 6.30. The van der Waals surface area contributed by atoms with Crippen molar-refractivity contribution in [2.45, 2.75) is 32.7 Å². The van der Waals surface area contributed by atoms with Crippen molar-refractivity contribution in [3.8, 4) is 6.07 Å². The molecule has 2 unspecified atom stereocenters. The summed E-state index contributed by atoms with van der Waals surface area (Å²) in [6, 6.07) is 8.31. The molecule has 0 bridgehead atoms. The summed E-state index contributed by atoms with van der Waals surface area (Å²) in [6.07, 6.45) is 2.46. The van der Waals surface area contributed by atoms with E-state index in [1.165, 1.54) is 12.8 Å². The van der Waals surface area contributed by atoms with Gasteiger partial charge in [0.1, 0.15) is 6.07 Å². The van der Waals surface area contributed by atoms with Crippen LogP contribution < -0.4 is 4.90 Å². The molecule has 0 amide bonds. The second-order valence-electron chi connectivity index (χ2n) is 4.83. The summed E-state index contributed by atoms with van der Waals surface area (Å²) >= 11 is 5.93. The largest absolute Gasteiger partial charge is 0.367 e. The molecule has 1 fully saturated rings. The van der Waals surface area contributed by atoms with E-state index in [4.69, 9.17) is 11.6 Å². The number of nitrogens with zero attached hydrogens (tertiary/aromatic N) is 2. The number of benzene rings is 1. The maximum atomic E-state index is 9.19. The highest BCUT2D eigenvalue weighted by Gasteiger charge is 2.26. The predicted octanol–water partition coefficient (Wildman–Crippen LogP) is 3.84. The summed E-state index contributed by atoms with van der Waals surface area (Å²) in [4.78, 5) is 2.34. The van der Waals surface area contributed by atoms with Gasteiger partial charge in [-0.1, -0.05) is 18.5 Å². The molecule has 0 spiro atoms. The van der Waals surface area contributed by atoms with E-state index in [0.29, 0.717) is 22.5 Å². The first kappa shape index (κ1) is 12.3. The second-order valence-corrected chi connectivity index (χ2v) is 5.26. The number of hydrogen-bond donors (Lipinski definition) is 0. The summed E-state index contributed by atoms with van der Waals surface area (Å²) in [5.41, 5.74) is 1.70. The van der Waals surface area contributed by atoms with Crippen LogP contribution in [0.3, 0.4) is 0 Å². The Balaban J connectivity index is 2.36. The fourth-order valence-corrected chi connectivity index (χ4v) is 2.70. The monoisotopic (exact) mass is 248 g/mol. The van der Waals surface area contributed by atoms with Gasteiger partial charge in [-0.15, -0.1) is 0 Å². The van der Waals surface area contributed by atoms with Crippen molar-refractivity contribution < 1.29 is 0 Å². The quantitative estimate of drug-likeness (QED) is 0.755. The molecule has 1 aromatic carbocycles. The molecule has 2 atom stereocenters. The van der Waals surface area contributed by atoms with Gasteiger partial charge in [0.05, 0.1) is 11.3 Å². The van der Waals surface area contributed by atoms with Gasteiger partial charge in [0.15, 0.2) is 0 Å². The maximum absolute atomic E-state index is 9.19. The minimum Gasteiger partial charge on any atom is -0.367 e. The molecule has 0 N–H and O–H groups in total. The van der Waals surface area contributed by atoms with Crippen molar-refractivity contribution in [3.63, 3.8) is 0 Å². The van der Waals surface area contributed by atoms with Gasteiger partial charge >= 0.3 is 0 Å².